The van der Waals surface area contributed by atoms with Gasteiger partial charge in [-0.05, 0) is 58.1 Å². The van der Waals surface area contributed by atoms with Gasteiger partial charge in [0.2, 0.25) is 0 Å². The van der Waals surface area contributed by atoms with Crippen molar-refractivity contribution in [1.29, 1.82) is 0 Å². The Morgan fingerprint density at radius 2 is 1.90 bits per heavy atom. The molecule has 0 spiro atoms. The molecule has 0 atom stereocenters. The van der Waals surface area contributed by atoms with Crippen molar-refractivity contribution >= 4 is 0 Å². The number of unbranched alkanes of at least 4 members (excludes halogenated alkanes) is 3. The van der Waals surface area contributed by atoms with Crippen molar-refractivity contribution in [3.05, 3.63) is 30.1 Å². The van der Waals surface area contributed by atoms with Crippen molar-refractivity contribution in [2.75, 3.05) is 33.2 Å². The third kappa shape index (κ3) is 9.05. The van der Waals surface area contributed by atoms with E-state index in [0.717, 1.165) is 19.5 Å². The van der Waals surface area contributed by atoms with Gasteiger partial charge >= 0.3 is 0 Å². The molecule has 1 aromatic heterocycles. The van der Waals surface area contributed by atoms with Crippen LogP contribution in [0.25, 0.3) is 0 Å². The number of pyridine rings is 1. The Hall–Kier alpha value is -0.930. The van der Waals surface area contributed by atoms with Gasteiger partial charge in [-0.1, -0.05) is 25.8 Å². The van der Waals surface area contributed by atoms with E-state index in [0.29, 0.717) is 0 Å². The first-order valence-electron chi connectivity index (χ1n) is 8.12. The molecule has 0 saturated carbocycles. The molecule has 1 aromatic rings. The number of hydrogen-bond acceptors (Lipinski definition) is 3. The van der Waals surface area contributed by atoms with Gasteiger partial charge in [-0.15, -0.1) is 0 Å². The summed E-state index contributed by atoms with van der Waals surface area (Å²) in [6, 6.07) is 6.15. The Bertz CT molecular complexity index is 313. The normalized spacial score (nSPS) is 11.2. The summed E-state index contributed by atoms with van der Waals surface area (Å²) in [6.45, 7) is 6.87. The van der Waals surface area contributed by atoms with Gasteiger partial charge < -0.3 is 10.2 Å². The summed E-state index contributed by atoms with van der Waals surface area (Å²) in [5.74, 6) is 0. The third-order valence-corrected chi connectivity index (χ3v) is 3.55. The fraction of sp³-hybridized carbons (Fsp3) is 0.706. The molecular formula is C17H31N3. The van der Waals surface area contributed by atoms with E-state index in [1.54, 1.807) is 0 Å². The Morgan fingerprint density at radius 3 is 2.65 bits per heavy atom. The van der Waals surface area contributed by atoms with Crippen LogP contribution in [0.4, 0.5) is 0 Å². The summed E-state index contributed by atoms with van der Waals surface area (Å²) in [5.41, 5.74) is 1.20. The molecule has 3 heteroatoms. The smallest absolute Gasteiger partial charge is 0.0416 e. The second kappa shape index (κ2) is 11.9. The van der Waals surface area contributed by atoms with Crippen LogP contribution in [0.2, 0.25) is 0 Å². The summed E-state index contributed by atoms with van der Waals surface area (Å²) in [4.78, 5) is 6.78. The predicted octanol–water partition coefficient (Wildman–Crippen LogP) is 3.12. The Morgan fingerprint density at radius 1 is 1.05 bits per heavy atom. The zero-order valence-corrected chi connectivity index (χ0v) is 13.3. The molecule has 20 heavy (non-hydrogen) atoms. The minimum absolute atomic E-state index is 1.05. The van der Waals surface area contributed by atoms with Gasteiger partial charge in [0.15, 0.2) is 0 Å². The first-order valence-corrected chi connectivity index (χ1v) is 8.12. The number of rotatable bonds is 12. The molecule has 1 rings (SSSR count). The summed E-state index contributed by atoms with van der Waals surface area (Å²) < 4.78 is 0. The lowest BCUT2D eigenvalue weighted by Crippen LogP contribution is -2.22. The molecule has 0 saturated heterocycles. The second-order valence-electron chi connectivity index (χ2n) is 5.54. The fourth-order valence-electron chi connectivity index (χ4n) is 2.25. The van der Waals surface area contributed by atoms with Gasteiger partial charge in [-0.3, -0.25) is 4.98 Å². The highest BCUT2D eigenvalue weighted by Gasteiger charge is 2.00. The first kappa shape index (κ1) is 17.1. The molecule has 0 radical (unpaired) electrons. The number of aromatic nitrogens is 1. The number of hydrogen-bond donors (Lipinski definition) is 1. The quantitative estimate of drug-likeness (QED) is 0.595. The molecule has 114 valence electrons. The highest BCUT2D eigenvalue weighted by molar-refractivity contribution is 5.03. The number of nitrogens with zero attached hydrogens (tertiary/aromatic N) is 2. The van der Waals surface area contributed by atoms with Crippen molar-refractivity contribution in [1.82, 2.24) is 15.2 Å². The lowest BCUT2D eigenvalue weighted by molar-refractivity contribution is 0.326. The zero-order valence-electron chi connectivity index (χ0n) is 13.3. The largest absolute Gasteiger partial charge is 0.317 e. The van der Waals surface area contributed by atoms with E-state index in [1.165, 1.54) is 50.9 Å². The van der Waals surface area contributed by atoms with Crippen LogP contribution in [0.5, 0.6) is 0 Å². The maximum Gasteiger partial charge on any atom is 0.0416 e. The molecule has 0 amide bonds. The average Bonchev–Trinajstić information content (AvgIpc) is 2.49. The van der Waals surface area contributed by atoms with E-state index in [1.807, 2.05) is 12.3 Å². The van der Waals surface area contributed by atoms with Crippen molar-refractivity contribution < 1.29 is 0 Å². The molecule has 0 unspecified atom stereocenters. The summed E-state index contributed by atoms with van der Waals surface area (Å²) in [5, 5.41) is 3.46. The van der Waals surface area contributed by atoms with Crippen molar-refractivity contribution in [2.24, 2.45) is 0 Å². The number of nitrogens with one attached hydrogen (secondary N) is 1. The summed E-state index contributed by atoms with van der Waals surface area (Å²) in [7, 11) is 2.21. The van der Waals surface area contributed by atoms with Crippen molar-refractivity contribution in [3.8, 4) is 0 Å². The Labute approximate surface area is 124 Å². The molecular weight excluding hydrogens is 246 g/mol. The molecule has 1 N–H and O–H groups in total. The minimum atomic E-state index is 1.05. The topological polar surface area (TPSA) is 28.2 Å². The van der Waals surface area contributed by atoms with Crippen LogP contribution >= 0.6 is 0 Å². The van der Waals surface area contributed by atoms with E-state index < -0.39 is 0 Å². The van der Waals surface area contributed by atoms with Crippen LogP contribution in [-0.4, -0.2) is 43.1 Å². The molecule has 0 aliphatic rings. The minimum Gasteiger partial charge on any atom is -0.317 e. The highest BCUT2D eigenvalue weighted by Crippen LogP contribution is 2.02. The highest BCUT2D eigenvalue weighted by atomic mass is 15.1. The third-order valence-electron chi connectivity index (χ3n) is 3.55. The fourth-order valence-corrected chi connectivity index (χ4v) is 2.25. The lowest BCUT2D eigenvalue weighted by atomic mass is 10.2. The maximum atomic E-state index is 4.36. The van der Waals surface area contributed by atoms with Crippen LogP contribution in [0.15, 0.2) is 24.4 Å². The van der Waals surface area contributed by atoms with Crippen molar-refractivity contribution in [2.45, 2.75) is 45.4 Å². The monoisotopic (exact) mass is 277 g/mol. The summed E-state index contributed by atoms with van der Waals surface area (Å²) >= 11 is 0. The Kier molecular flexibility index (Phi) is 10.2. The van der Waals surface area contributed by atoms with Crippen LogP contribution in [0, 0.1) is 0 Å². The molecule has 3 nitrogen and oxygen atoms in total. The van der Waals surface area contributed by atoms with E-state index in [4.69, 9.17) is 0 Å². The van der Waals surface area contributed by atoms with E-state index in [-0.39, 0.29) is 0 Å². The number of likely N-dealkylation sites (N-methyl/N-ethyl adjacent to an activating group) is 1. The van der Waals surface area contributed by atoms with Crippen LogP contribution in [-0.2, 0) is 6.42 Å². The maximum absolute atomic E-state index is 4.36. The zero-order chi connectivity index (χ0) is 14.5. The van der Waals surface area contributed by atoms with E-state index in [2.05, 4.69) is 41.3 Å². The van der Waals surface area contributed by atoms with Crippen molar-refractivity contribution in [3.63, 3.8) is 0 Å². The van der Waals surface area contributed by atoms with E-state index >= 15 is 0 Å². The molecule has 0 fully saturated rings. The molecule has 1 heterocycles. The van der Waals surface area contributed by atoms with Crippen LogP contribution in [0.3, 0.4) is 0 Å². The average molecular weight is 277 g/mol. The molecule has 0 aliphatic carbocycles. The Balaban J connectivity index is 1.91. The van der Waals surface area contributed by atoms with Gasteiger partial charge in [0.25, 0.3) is 0 Å². The second-order valence-corrected chi connectivity index (χ2v) is 5.54. The van der Waals surface area contributed by atoms with Gasteiger partial charge in [-0.25, -0.2) is 0 Å². The molecule has 0 aliphatic heterocycles. The van der Waals surface area contributed by atoms with Gasteiger partial charge in [0.1, 0.15) is 0 Å². The van der Waals surface area contributed by atoms with Crippen LogP contribution < -0.4 is 5.32 Å². The summed E-state index contributed by atoms with van der Waals surface area (Å²) in [6.07, 6.45) is 9.50. The van der Waals surface area contributed by atoms with E-state index in [9.17, 15) is 0 Å². The van der Waals surface area contributed by atoms with Gasteiger partial charge in [0.05, 0.1) is 0 Å². The predicted molar refractivity (Wildman–Crippen MR) is 87.1 cm³/mol. The lowest BCUT2D eigenvalue weighted by Gasteiger charge is -2.16. The first-order chi connectivity index (χ1) is 9.83. The standard InChI is InChI=1S/C17H31N3/c1-3-12-18-13-7-4-5-9-15-20(2)16-11-17-10-6-8-14-19-17/h6,8,10,14,18H,3-5,7,9,11-13,15-16H2,1-2H3. The molecule has 0 bridgehead atoms. The molecule has 0 aromatic carbocycles. The van der Waals surface area contributed by atoms with Gasteiger partial charge in [0, 0.05) is 24.9 Å². The van der Waals surface area contributed by atoms with Gasteiger partial charge in [-0.2, -0.15) is 0 Å². The van der Waals surface area contributed by atoms with Crippen LogP contribution in [0.1, 0.15) is 44.7 Å². The SMILES string of the molecule is CCCNCCCCCCN(C)CCc1ccccn1.